The first-order valence-electron chi connectivity index (χ1n) is 9.19. The monoisotopic (exact) mass is 494 g/mol. The number of hydrogen-bond acceptors (Lipinski definition) is 2. The van der Waals surface area contributed by atoms with Gasteiger partial charge < -0.3 is 11.5 Å². The summed E-state index contributed by atoms with van der Waals surface area (Å²) in [6.07, 6.45) is 5.60. The van der Waals surface area contributed by atoms with Gasteiger partial charge in [0.1, 0.15) is 0 Å². The van der Waals surface area contributed by atoms with Crippen LogP contribution < -0.4 is 11.5 Å². The Hall–Kier alpha value is -0.680. The van der Waals surface area contributed by atoms with Gasteiger partial charge in [0.2, 0.25) is 5.91 Å². The van der Waals surface area contributed by atoms with Gasteiger partial charge in [-0.25, -0.2) is 0 Å². The molecule has 2 aliphatic carbocycles. The van der Waals surface area contributed by atoms with Crippen molar-refractivity contribution < 1.29 is 4.79 Å². The first kappa shape index (κ1) is 24.6. The number of hydrogen-bond donors (Lipinski definition) is 2. The molecule has 2 aromatic carbocycles. The molecule has 3 nitrogen and oxygen atoms in total. The zero-order chi connectivity index (χ0) is 20.5. The number of primary amides is 1. The van der Waals surface area contributed by atoms with Crippen molar-refractivity contribution in [2.24, 2.45) is 11.5 Å². The lowest BCUT2D eigenvalue weighted by Gasteiger charge is -2.40. The fourth-order valence-corrected chi connectivity index (χ4v) is 5.42. The van der Waals surface area contributed by atoms with Gasteiger partial charge in [-0.05, 0) is 56.4 Å². The van der Waals surface area contributed by atoms with Gasteiger partial charge in [0.15, 0.2) is 0 Å². The number of nitrogens with two attached hydrogens (primary N) is 2. The third kappa shape index (κ3) is 4.66. The predicted octanol–water partition coefficient (Wildman–Crippen LogP) is 6.65. The van der Waals surface area contributed by atoms with Crippen LogP contribution in [0.5, 0.6) is 0 Å². The number of amides is 1. The quantitative estimate of drug-likeness (QED) is 0.499. The molecule has 0 radical (unpaired) electrons. The standard InChI is InChI=1S/C11H11Cl2NO.C10H11Cl2N.ClH/c12-7-3-1-4-8(13)9(7)11(10(14)15)5-2-6-11;11-7-3-1-4-8(12)9(7)10(13)5-2-6-10;/h1,3-4H,2,5-6H2,(H2,14,15);1,3-4H,2,5-6,13H2;1H. The molecule has 0 bridgehead atoms. The molecule has 0 aromatic heterocycles. The number of rotatable bonds is 3. The molecule has 2 saturated carbocycles. The molecule has 8 heteroatoms. The van der Waals surface area contributed by atoms with Gasteiger partial charge in [-0.3, -0.25) is 4.79 Å². The number of carbonyl (C=O) groups excluding carboxylic acids is 1. The van der Waals surface area contributed by atoms with Crippen molar-refractivity contribution in [1.29, 1.82) is 0 Å². The second-order valence-electron chi connectivity index (χ2n) is 7.50. The van der Waals surface area contributed by atoms with Crippen LogP contribution in [0.15, 0.2) is 36.4 Å². The molecule has 29 heavy (non-hydrogen) atoms. The molecule has 0 unspecified atom stereocenters. The SMILES string of the molecule is Cl.NC(=O)C1(c2c(Cl)cccc2Cl)CCC1.NC1(c2c(Cl)cccc2Cl)CCC1. The molecule has 4 rings (SSSR count). The molecule has 1 amide bonds. The minimum absolute atomic E-state index is 0. The zero-order valence-electron chi connectivity index (χ0n) is 15.7. The van der Waals surface area contributed by atoms with Crippen molar-refractivity contribution in [1.82, 2.24) is 0 Å². The van der Waals surface area contributed by atoms with Crippen LogP contribution in [0, 0.1) is 0 Å². The van der Waals surface area contributed by atoms with E-state index in [2.05, 4.69) is 0 Å². The molecule has 0 atom stereocenters. The molecule has 0 spiro atoms. The molecule has 0 heterocycles. The maximum absolute atomic E-state index is 11.5. The second-order valence-corrected chi connectivity index (χ2v) is 9.13. The largest absolute Gasteiger partial charge is 0.369 e. The molecular weight excluding hydrogens is 474 g/mol. The van der Waals surface area contributed by atoms with E-state index in [1.807, 2.05) is 18.2 Å². The van der Waals surface area contributed by atoms with Gasteiger partial charge in [-0.1, -0.05) is 65.0 Å². The van der Waals surface area contributed by atoms with E-state index in [1.165, 1.54) is 0 Å². The molecule has 0 aliphatic heterocycles. The first-order valence-corrected chi connectivity index (χ1v) is 10.7. The molecule has 158 valence electrons. The van der Waals surface area contributed by atoms with Crippen molar-refractivity contribution in [3.63, 3.8) is 0 Å². The summed E-state index contributed by atoms with van der Waals surface area (Å²) in [6, 6.07) is 10.8. The summed E-state index contributed by atoms with van der Waals surface area (Å²) in [5.41, 5.74) is 12.3. The third-order valence-corrected chi connectivity index (χ3v) is 7.09. The van der Waals surface area contributed by atoms with Crippen LogP contribution >= 0.6 is 58.8 Å². The minimum atomic E-state index is -0.630. The summed E-state index contributed by atoms with van der Waals surface area (Å²) in [5.74, 6) is -0.330. The Balaban J connectivity index is 0.000000202. The first-order chi connectivity index (χ1) is 13.2. The smallest absolute Gasteiger partial charge is 0.228 e. The van der Waals surface area contributed by atoms with Gasteiger partial charge in [-0.2, -0.15) is 0 Å². The Kier molecular flexibility index (Phi) is 8.17. The van der Waals surface area contributed by atoms with Crippen LogP contribution in [0.1, 0.15) is 49.7 Å². The molecule has 0 saturated heterocycles. The molecule has 4 N–H and O–H groups in total. The van der Waals surface area contributed by atoms with E-state index in [1.54, 1.807) is 18.2 Å². The highest BCUT2D eigenvalue weighted by Gasteiger charge is 2.46. The lowest BCUT2D eigenvalue weighted by atomic mass is 9.64. The van der Waals surface area contributed by atoms with Crippen molar-refractivity contribution in [2.75, 3.05) is 0 Å². The van der Waals surface area contributed by atoms with Gasteiger partial charge in [0, 0.05) is 36.8 Å². The average Bonchev–Trinajstić information content (AvgIpc) is 2.55. The highest BCUT2D eigenvalue weighted by Crippen LogP contribution is 2.48. The Bertz CT molecular complexity index is 854. The Labute approximate surface area is 197 Å². The van der Waals surface area contributed by atoms with Crippen molar-refractivity contribution in [3.8, 4) is 0 Å². The fourth-order valence-electron chi connectivity index (χ4n) is 3.89. The van der Waals surface area contributed by atoms with E-state index in [0.29, 0.717) is 25.7 Å². The number of carbonyl (C=O) groups is 1. The van der Waals surface area contributed by atoms with Crippen LogP contribution in [0.3, 0.4) is 0 Å². The Morgan fingerprint density at radius 1 is 0.759 bits per heavy atom. The van der Waals surface area contributed by atoms with Crippen LogP contribution in [-0.4, -0.2) is 5.91 Å². The van der Waals surface area contributed by atoms with E-state index >= 15 is 0 Å². The van der Waals surface area contributed by atoms with Gasteiger partial charge >= 0.3 is 0 Å². The van der Waals surface area contributed by atoms with E-state index < -0.39 is 5.41 Å². The Morgan fingerprint density at radius 3 is 1.41 bits per heavy atom. The number of halogens is 5. The zero-order valence-corrected chi connectivity index (χ0v) is 19.5. The molecule has 2 aromatic rings. The van der Waals surface area contributed by atoms with E-state index in [9.17, 15) is 4.79 Å². The predicted molar refractivity (Wildman–Crippen MR) is 125 cm³/mol. The van der Waals surface area contributed by atoms with Crippen LogP contribution in [0.2, 0.25) is 20.1 Å². The number of benzene rings is 2. The highest BCUT2D eigenvalue weighted by molar-refractivity contribution is 6.37. The van der Waals surface area contributed by atoms with Gasteiger partial charge in [0.25, 0.3) is 0 Å². The average molecular weight is 497 g/mol. The molecule has 2 aliphatic rings. The van der Waals surface area contributed by atoms with Crippen LogP contribution in [0.25, 0.3) is 0 Å². The summed E-state index contributed by atoms with van der Waals surface area (Å²) < 4.78 is 0. The van der Waals surface area contributed by atoms with E-state index in [4.69, 9.17) is 57.9 Å². The van der Waals surface area contributed by atoms with Gasteiger partial charge in [0.05, 0.1) is 5.41 Å². The summed E-state index contributed by atoms with van der Waals surface area (Å²) >= 11 is 24.3. The lowest BCUT2D eigenvalue weighted by molar-refractivity contribution is -0.126. The highest BCUT2D eigenvalue weighted by atomic mass is 35.5. The van der Waals surface area contributed by atoms with Crippen molar-refractivity contribution >= 4 is 64.7 Å². The maximum Gasteiger partial charge on any atom is 0.228 e. The molecule has 2 fully saturated rings. The molecular formula is C21H23Cl5N2O. The topological polar surface area (TPSA) is 69.1 Å². The van der Waals surface area contributed by atoms with Crippen molar-refractivity contribution in [2.45, 2.75) is 49.5 Å². The van der Waals surface area contributed by atoms with Crippen LogP contribution in [0.4, 0.5) is 0 Å². The van der Waals surface area contributed by atoms with Crippen LogP contribution in [-0.2, 0) is 15.7 Å². The second kappa shape index (κ2) is 9.64. The van der Waals surface area contributed by atoms with E-state index in [-0.39, 0.29) is 23.9 Å². The lowest BCUT2D eigenvalue weighted by Crippen LogP contribution is -2.47. The van der Waals surface area contributed by atoms with Gasteiger partial charge in [-0.15, -0.1) is 12.4 Å². The third-order valence-electron chi connectivity index (χ3n) is 5.83. The van der Waals surface area contributed by atoms with Crippen molar-refractivity contribution in [3.05, 3.63) is 67.6 Å². The maximum atomic E-state index is 11.5. The summed E-state index contributed by atoms with van der Waals surface area (Å²) in [6.45, 7) is 0. The Morgan fingerprint density at radius 2 is 1.14 bits per heavy atom. The minimum Gasteiger partial charge on any atom is -0.369 e. The van der Waals surface area contributed by atoms with E-state index in [0.717, 1.165) is 44.1 Å². The summed E-state index contributed by atoms with van der Waals surface area (Å²) in [7, 11) is 0. The normalized spacial score (nSPS) is 18.2. The fraction of sp³-hybridized carbons (Fsp3) is 0.381. The summed E-state index contributed by atoms with van der Waals surface area (Å²) in [4.78, 5) is 11.5. The summed E-state index contributed by atoms with van der Waals surface area (Å²) in [5, 5.41) is 2.44.